The Hall–Kier alpha value is -3.20. The molecule has 3 aromatic rings. The molecular formula is C20H21N3O5S. The fraction of sp³-hybridized carbons (Fsp3) is 0.250. The monoisotopic (exact) mass is 415 g/mol. The molecule has 8 nitrogen and oxygen atoms in total. The van der Waals surface area contributed by atoms with Crippen LogP contribution in [0.3, 0.4) is 0 Å². The standard InChI is InChI=1S/C20H21N3O5S/c1-12-5-6-17(27-4)16(7-12)21-18(24)11-29-20-23-22-19(28-20)13-8-14(25-2)10-15(9-13)26-3/h5-10H,11H2,1-4H3,(H,21,24). The van der Waals surface area contributed by atoms with E-state index in [1.165, 1.54) is 0 Å². The van der Waals surface area contributed by atoms with Crippen molar-refractivity contribution < 1.29 is 23.4 Å². The van der Waals surface area contributed by atoms with Crippen molar-refractivity contribution in [2.75, 3.05) is 32.4 Å². The minimum atomic E-state index is -0.207. The number of rotatable bonds is 8. The summed E-state index contributed by atoms with van der Waals surface area (Å²) in [6, 6.07) is 10.9. The van der Waals surface area contributed by atoms with Crippen LogP contribution in [-0.4, -0.2) is 43.2 Å². The molecule has 0 radical (unpaired) electrons. The average molecular weight is 415 g/mol. The molecule has 0 atom stereocenters. The van der Waals surface area contributed by atoms with Gasteiger partial charge in [0.1, 0.15) is 17.2 Å². The molecule has 0 unspecified atom stereocenters. The van der Waals surface area contributed by atoms with E-state index in [9.17, 15) is 4.79 Å². The Balaban J connectivity index is 1.65. The molecule has 0 fully saturated rings. The van der Waals surface area contributed by atoms with E-state index in [-0.39, 0.29) is 16.9 Å². The van der Waals surface area contributed by atoms with Crippen molar-refractivity contribution in [3.63, 3.8) is 0 Å². The Kier molecular flexibility index (Phi) is 6.61. The van der Waals surface area contributed by atoms with Crippen LogP contribution in [0.2, 0.25) is 0 Å². The predicted molar refractivity (Wildman–Crippen MR) is 110 cm³/mol. The zero-order valence-corrected chi connectivity index (χ0v) is 17.3. The Morgan fingerprint density at radius 3 is 2.41 bits per heavy atom. The summed E-state index contributed by atoms with van der Waals surface area (Å²) >= 11 is 1.15. The Labute approximate surface area is 172 Å². The Morgan fingerprint density at radius 1 is 1.03 bits per heavy atom. The molecule has 9 heteroatoms. The number of anilines is 1. The van der Waals surface area contributed by atoms with Gasteiger partial charge in [0, 0.05) is 11.6 Å². The number of thioether (sulfide) groups is 1. The highest BCUT2D eigenvalue weighted by Crippen LogP contribution is 2.31. The minimum absolute atomic E-state index is 0.111. The first-order valence-electron chi connectivity index (χ1n) is 8.66. The highest BCUT2D eigenvalue weighted by atomic mass is 32.2. The first kappa shape index (κ1) is 20.5. The number of methoxy groups -OCH3 is 3. The van der Waals surface area contributed by atoms with E-state index in [0.717, 1.165) is 17.3 Å². The van der Waals surface area contributed by atoms with Crippen molar-refractivity contribution >= 4 is 23.4 Å². The molecular weight excluding hydrogens is 394 g/mol. The van der Waals surface area contributed by atoms with Gasteiger partial charge >= 0.3 is 0 Å². The van der Waals surface area contributed by atoms with E-state index >= 15 is 0 Å². The SMILES string of the molecule is COc1cc(OC)cc(-c2nnc(SCC(=O)Nc3cc(C)ccc3OC)o2)c1. The van der Waals surface area contributed by atoms with Crippen LogP contribution in [0.1, 0.15) is 5.56 Å². The molecule has 0 aliphatic carbocycles. The lowest BCUT2D eigenvalue weighted by Crippen LogP contribution is -2.14. The summed E-state index contributed by atoms with van der Waals surface area (Å²) in [5, 5.41) is 11.1. The maximum atomic E-state index is 12.3. The largest absolute Gasteiger partial charge is 0.497 e. The Morgan fingerprint density at radius 2 is 1.76 bits per heavy atom. The van der Waals surface area contributed by atoms with Crippen LogP contribution in [0.25, 0.3) is 11.5 Å². The number of aromatic nitrogens is 2. The van der Waals surface area contributed by atoms with Crippen molar-refractivity contribution in [3.05, 3.63) is 42.0 Å². The fourth-order valence-electron chi connectivity index (χ4n) is 2.55. The maximum absolute atomic E-state index is 12.3. The molecule has 0 bridgehead atoms. The molecule has 29 heavy (non-hydrogen) atoms. The number of aryl methyl sites for hydroxylation is 1. The molecule has 1 amide bonds. The van der Waals surface area contributed by atoms with Crippen LogP contribution in [0.5, 0.6) is 17.2 Å². The molecule has 1 heterocycles. The van der Waals surface area contributed by atoms with Gasteiger partial charge in [-0.3, -0.25) is 4.79 Å². The van der Waals surface area contributed by atoms with Gasteiger partial charge in [0.25, 0.3) is 5.22 Å². The number of ether oxygens (including phenoxy) is 3. The third kappa shape index (κ3) is 5.20. The lowest BCUT2D eigenvalue weighted by molar-refractivity contribution is -0.113. The molecule has 0 spiro atoms. The van der Waals surface area contributed by atoms with E-state index in [4.69, 9.17) is 18.6 Å². The summed E-state index contributed by atoms with van der Waals surface area (Å²) in [6.45, 7) is 1.94. The van der Waals surface area contributed by atoms with Gasteiger partial charge in [-0.25, -0.2) is 0 Å². The highest BCUT2D eigenvalue weighted by Gasteiger charge is 2.14. The van der Waals surface area contributed by atoms with Crippen LogP contribution in [0.4, 0.5) is 5.69 Å². The van der Waals surface area contributed by atoms with Crippen molar-refractivity contribution in [2.24, 2.45) is 0 Å². The van der Waals surface area contributed by atoms with Crippen LogP contribution in [0, 0.1) is 6.92 Å². The van der Waals surface area contributed by atoms with Crippen molar-refractivity contribution in [1.29, 1.82) is 0 Å². The number of hydrogen-bond donors (Lipinski definition) is 1. The van der Waals surface area contributed by atoms with Crippen molar-refractivity contribution in [3.8, 4) is 28.7 Å². The number of amides is 1. The van der Waals surface area contributed by atoms with Crippen molar-refractivity contribution in [2.45, 2.75) is 12.1 Å². The lowest BCUT2D eigenvalue weighted by atomic mass is 10.2. The van der Waals surface area contributed by atoms with E-state index in [1.807, 2.05) is 25.1 Å². The van der Waals surface area contributed by atoms with E-state index in [2.05, 4.69) is 15.5 Å². The van der Waals surface area contributed by atoms with E-state index < -0.39 is 0 Å². The number of carbonyl (C=O) groups is 1. The van der Waals surface area contributed by atoms with Gasteiger partial charge in [0.05, 0.1) is 32.8 Å². The van der Waals surface area contributed by atoms with Crippen molar-refractivity contribution in [1.82, 2.24) is 10.2 Å². The topological polar surface area (TPSA) is 95.7 Å². The summed E-state index contributed by atoms with van der Waals surface area (Å²) in [5.74, 6) is 2.03. The quantitative estimate of drug-likeness (QED) is 0.555. The first-order chi connectivity index (χ1) is 14.0. The number of carbonyl (C=O) groups excluding carboxylic acids is 1. The smallest absolute Gasteiger partial charge is 0.277 e. The maximum Gasteiger partial charge on any atom is 0.277 e. The van der Waals surface area contributed by atoms with Gasteiger partial charge in [0.2, 0.25) is 11.8 Å². The third-order valence-corrected chi connectivity index (χ3v) is 4.78. The van der Waals surface area contributed by atoms with Gasteiger partial charge in [-0.15, -0.1) is 10.2 Å². The van der Waals surface area contributed by atoms with Gasteiger partial charge in [-0.1, -0.05) is 17.8 Å². The molecule has 2 aromatic carbocycles. The van der Waals surface area contributed by atoms with Crippen LogP contribution in [-0.2, 0) is 4.79 Å². The molecule has 0 aliphatic heterocycles. The number of benzene rings is 2. The molecule has 1 aromatic heterocycles. The summed E-state index contributed by atoms with van der Waals surface area (Å²) in [7, 11) is 4.69. The molecule has 0 aliphatic rings. The first-order valence-corrected chi connectivity index (χ1v) is 9.65. The second-order valence-corrected chi connectivity index (χ2v) is 6.94. The summed E-state index contributed by atoms with van der Waals surface area (Å²) in [5.41, 5.74) is 2.30. The molecule has 0 saturated carbocycles. The number of nitrogens with one attached hydrogen (secondary N) is 1. The van der Waals surface area contributed by atoms with Gasteiger partial charge in [0.15, 0.2) is 0 Å². The highest BCUT2D eigenvalue weighted by molar-refractivity contribution is 7.99. The van der Waals surface area contributed by atoms with Crippen LogP contribution in [0.15, 0.2) is 46.0 Å². The van der Waals surface area contributed by atoms with Gasteiger partial charge in [-0.05, 0) is 36.8 Å². The predicted octanol–water partition coefficient (Wildman–Crippen LogP) is 3.80. The molecule has 0 saturated heterocycles. The third-order valence-electron chi connectivity index (χ3n) is 3.96. The lowest BCUT2D eigenvalue weighted by Gasteiger charge is -2.10. The van der Waals surface area contributed by atoms with E-state index in [0.29, 0.717) is 34.4 Å². The summed E-state index contributed by atoms with van der Waals surface area (Å²) in [4.78, 5) is 12.3. The zero-order valence-electron chi connectivity index (χ0n) is 16.5. The second-order valence-electron chi connectivity index (χ2n) is 6.02. The van der Waals surface area contributed by atoms with Gasteiger partial charge in [-0.2, -0.15) is 0 Å². The normalized spacial score (nSPS) is 10.5. The van der Waals surface area contributed by atoms with Gasteiger partial charge < -0.3 is 23.9 Å². The van der Waals surface area contributed by atoms with E-state index in [1.54, 1.807) is 39.5 Å². The second kappa shape index (κ2) is 9.33. The minimum Gasteiger partial charge on any atom is -0.497 e. The molecule has 3 rings (SSSR count). The fourth-order valence-corrected chi connectivity index (χ4v) is 3.11. The molecule has 152 valence electrons. The summed E-state index contributed by atoms with van der Waals surface area (Å²) in [6.07, 6.45) is 0. The van der Waals surface area contributed by atoms with Crippen LogP contribution < -0.4 is 19.5 Å². The van der Waals surface area contributed by atoms with Crippen LogP contribution >= 0.6 is 11.8 Å². The number of hydrogen-bond acceptors (Lipinski definition) is 8. The zero-order chi connectivity index (χ0) is 20.8. The number of nitrogens with zero attached hydrogens (tertiary/aromatic N) is 2. The summed E-state index contributed by atoms with van der Waals surface area (Å²) < 4.78 is 21.4. The average Bonchev–Trinajstić information content (AvgIpc) is 3.21. The molecule has 1 N–H and O–H groups in total. The Bertz CT molecular complexity index is 983.